The molecule has 0 amide bonds. The summed E-state index contributed by atoms with van der Waals surface area (Å²) >= 11 is 0. The topological polar surface area (TPSA) is 72.8 Å². The first-order valence-corrected chi connectivity index (χ1v) is 6.71. The lowest BCUT2D eigenvalue weighted by atomic mass is 9.88. The Morgan fingerprint density at radius 1 is 1.05 bits per heavy atom. The summed E-state index contributed by atoms with van der Waals surface area (Å²) in [6.07, 6.45) is 2.63. The van der Waals surface area contributed by atoms with E-state index in [0.29, 0.717) is 12.8 Å². The summed E-state index contributed by atoms with van der Waals surface area (Å²) in [5.74, 6) is -1.22. The molecular formula is C14H26O5. The Bertz CT molecular complexity index is 307. The number of aliphatic carboxylic acids is 1. The zero-order valence-corrected chi connectivity index (χ0v) is 12.6. The predicted octanol–water partition coefficient (Wildman–Crippen LogP) is 3.18. The van der Waals surface area contributed by atoms with Crippen molar-refractivity contribution >= 4 is 11.9 Å². The number of hydrogen-bond acceptors (Lipinski definition) is 4. The van der Waals surface area contributed by atoms with Crippen LogP contribution in [0.3, 0.4) is 0 Å². The third-order valence-corrected chi connectivity index (χ3v) is 3.17. The highest BCUT2D eigenvalue weighted by atomic mass is 17.2. The number of rotatable bonds is 9. The first-order valence-electron chi connectivity index (χ1n) is 6.71. The molecule has 0 aliphatic rings. The second-order valence-corrected chi connectivity index (χ2v) is 6.12. The van der Waals surface area contributed by atoms with Crippen molar-refractivity contribution in [3.05, 3.63) is 0 Å². The van der Waals surface area contributed by atoms with E-state index in [-0.39, 0.29) is 12.6 Å². The molecule has 19 heavy (non-hydrogen) atoms. The van der Waals surface area contributed by atoms with E-state index in [9.17, 15) is 9.59 Å². The molecule has 0 atom stereocenters. The molecule has 0 bridgehead atoms. The predicted molar refractivity (Wildman–Crippen MR) is 71.4 cm³/mol. The minimum atomic E-state index is -0.839. The number of carboxylic acid groups (broad SMARTS) is 1. The number of carbonyl (C=O) groups excluding carboxylic acids is 1. The van der Waals surface area contributed by atoms with Gasteiger partial charge in [-0.3, -0.25) is 9.68 Å². The first kappa shape index (κ1) is 17.9. The standard InChI is InChI=1S/C14H26O5/c1-6-8-14(4,5)12(17)19-18-10-7-9-13(2,3)11(15)16/h6-10H2,1-5H3,(H,15,16). The molecule has 5 nitrogen and oxygen atoms in total. The van der Waals surface area contributed by atoms with Crippen molar-refractivity contribution in [1.82, 2.24) is 0 Å². The third kappa shape index (κ3) is 6.57. The SMILES string of the molecule is CCCC(C)(C)C(=O)OOCCCC(C)(C)C(=O)O. The lowest BCUT2D eigenvalue weighted by Crippen LogP contribution is -2.27. The molecular weight excluding hydrogens is 248 g/mol. The van der Waals surface area contributed by atoms with Gasteiger partial charge in [-0.1, -0.05) is 13.3 Å². The monoisotopic (exact) mass is 274 g/mol. The van der Waals surface area contributed by atoms with Gasteiger partial charge in [0.1, 0.15) is 0 Å². The summed E-state index contributed by atoms with van der Waals surface area (Å²) in [6.45, 7) is 9.16. The quantitative estimate of drug-likeness (QED) is 0.397. The maximum atomic E-state index is 11.7. The minimum Gasteiger partial charge on any atom is -0.481 e. The molecule has 0 heterocycles. The zero-order valence-electron chi connectivity index (χ0n) is 12.6. The molecule has 0 fully saturated rings. The van der Waals surface area contributed by atoms with Crippen LogP contribution in [0.2, 0.25) is 0 Å². The van der Waals surface area contributed by atoms with Crippen LogP contribution < -0.4 is 0 Å². The molecule has 0 unspecified atom stereocenters. The van der Waals surface area contributed by atoms with Crippen molar-refractivity contribution in [3.63, 3.8) is 0 Å². The minimum absolute atomic E-state index is 0.213. The Morgan fingerprint density at radius 3 is 2.11 bits per heavy atom. The molecule has 0 radical (unpaired) electrons. The Hall–Kier alpha value is -1.10. The fourth-order valence-electron chi connectivity index (χ4n) is 1.62. The largest absolute Gasteiger partial charge is 0.481 e. The molecule has 5 heteroatoms. The number of carboxylic acids is 1. The molecule has 0 spiro atoms. The van der Waals surface area contributed by atoms with Crippen molar-refractivity contribution in [2.45, 2.75) is 60.3 Å². The van der Waals surface area contributed by atoms with Crippen LogP contribution in [-0.4, -0.2) is 23.7 Å². The smallest absolute Gasteiger partial charge is 0.347 e. The van der Waals surface area contributed by atoms with Gasteiger partial charge in [-0.2, -0.15) is 4.89 Å². The van der Waals surface area contributed by atoms with Crippen molar-refractivity contribution in [2.75, 3.05) is 6.61 Å². The van der Waals surface area contributed by atoms with E-state index in [0.717, 1.165) is 12.8 Å². The summed E-state index contributed by atoms with van der Waals surface area (Å²) in [5, 5.41) is 8.93. The van der Waals surface area contributed by atoms with Crippen LogP contribution in [0.5, 0.6) is 0 Å². The summed E-state index contributed by atoms with van der Waals surface area (Å²) in [7, 11) is 0. The van der Waals surface area contributed by atoms with Crippen LogP contribution in [0.25, 0.3) is 0 Å². The number of carbonyl (C=O) groups is 2. The number of hydrogen-bond donors (Lipinski definition) is 1. The average Bonchev–Trinajstić information content (AvgIpc) is 2.27. The first-order chi connectivity index (χ1) is 8.63. The van der Waals surface area contributed by atoms with Gasteiger partial charge < -0.3 is 5.11 Å². The van der Waals surface area contributed by atoms with Gasteiger partial charge in [-0.15, -0.1) is 0 Å². The fourth-order valence-corrected chi connectivity index (χ4v) is 1.62. The van der Waals surface area contributed by atoms with E-state index in [4.69, 9.17) is 14.9 Å². The van der Waals surface area contributed by atoms with Crippen LogP contribution in [0.4, 0.5) is 0 Å². The summed E-state index contributed by atoms with van der Waals surface area (Å²) < 4.78 is 0. The molecule has 0 aromatic carbocycles. The van der Waals surface area contributed by atoms with Crippen LogP contribution in [0.15, 0.2) is 0 Å². The average molecular weight is 274 g/mol. The lowest BCUT2D eigenvalue weighted by Gasteiger charge is -2.21. The van der Waals surface area contributed by atoms with Gasteiger partial charge in [-0.25, -0.2) is 4.79 Å². The van der Waals surface area contributed by atoms with Gasteiger partial charge in [0.05, 0.1) is 17.4 Å². The zero-order chi connectivity index (χ0) is 15.1. The van der Waals surface area contributed by atoms with Crippen molar-refractivity contribution in [1.29, 1.82) is 0 Å². The Labute approximate surface area is 115 Å². The second-order valence-electron chi connectivity index (χ2n) is 6.12. The molecule has 0 rings (SSSR count). The normalized spacial score (nSPS) is 12.3. The molecule has 0 saturated heterocycles. The van der Waals surface area contributed by atoms with Crippen molar-refractivity contribution in [3.8, 4) is 0 Å². The summed E-state index contributed by atoms with van der Waals surface area (Å²) in [4.78, 5) is 32.2. The van der Waals surface area contributed by atoms with Gasteiger partial charge in [0.2, 0.25) is 0 Å². The maximum absolute atomic E-state index is 11.7. The second kappa shape index (κ2) is 7.48. The highest BCUT2D eigenvalue weighted by molar-refractivity contribution is 5.75. The molecule has 0 aliphatic carbocycles. The van der Waals surface area contributed by atoms with Crippen LogP contribution in [-0.2, 0) is 19.4 Å². The molecule has 112 valence electrons. The van der Waals surface area contributed by atoms with Gasteiger partial charge in [0.25, 0.3) is 0 Å². The highest BCUT2D eigenvalue weighted by Gasteiger charge is 2.30. The third-order valence-electron chi connectivity index (χ3n) is 3.17. The van der Waals surface area contributed by atoms with Gasteiger partial charge in [0, 0.05) is 0 Å². The van der Waals surface area contributed by atoms with E-state index >= 15 is 0 Å². The van der Waals surface area contributed by atoms with E-state index in [2.05, 4.69) is 0 Å². The van der Waals surface area contributed by atoms with Gasteiger partial charge in [-0.05, 0) is 47.0 Å². The molecule has 0 saturated carbocycles. The van der Waals surface area contributed by atoms with Crippen LogP contribution in [0.1, 0.15) is 60.3 Å². The van der Waals surface area contributed by atoms with Gasteiger partial charge in [0.15, 0.2) is 0 Å². The van der Waals surface area contributed by atoms with Crippen molar-refractivity contribution in [2.24, 2.45) is 10.8 Å². The fraction of sp³-hybridized carbons (Fsp3) is 0.857. The van der Waals surface area contributed by atoms with Crippen molar-refractivity contribution < 1.29 is 24.5 Å². The Morgan fingerprint density at radius 2 is 1.63 bits per heavy atom. The summed E-state index contributed by atoms with van der Waals surface area (Å²) in [6, 6.07) is 0. The van der Waals surface area contributed by atoms with Crippen LogP contribution >= 0.6 is 0 Å². The Balaban J connectivity index is 3.88. The molecule has 0 aromatic rings. The summed E-state index contributed by atoms with van der Waals surface area (Å²) in [5.41, 5.74) is -1.33. The van der Waals surface area contributed by atoms with E-state index in [1.807, 2.05) is 20.8 Å². The molecule has 1 N–H and O–H groups in total. The van der Waals surface area contributed by atoms with Gasteiger partial charge >= 0.3 is 11.9 Å². The molecule has 0 aliphatic heterocycles. The van der Waals surface area contributed by atoms with Crippen LogP contribution in [0, 0.1) is 10.8 Å². The van der Waals surface area contributed by atoms with E-state index in [1.54, 1.807) is 13.8 Å². The maximum Gasteiger partial charge on any atom is 0.347 e. The molecule has 0 aromatic heterocycles. The lowest BCUT2D eigenvalue weighted by molar-refractivity contribution is -0.281. The van der Waals surface area contributed by atoms with E-state index in [1.165, 1.54) is 0 Å². The highest BCUT2D eigenvalue weighted by Crippen LogP contribution is 2.25. The van der Waals surface area contributed by atoms with E-state index < -0.39 is 16.8 Å². The Kier molecular flexibility index (Phi) is 7.05.